The van der Waals surface area contributed by atoms with Crippen molar-refractivity contribution in [3.63, 3.8) is 0 Å². The number of carbonyl (C=O) groups excluding carboxylic acids is 4. The second kappa shape index (κ2) is 17.4. The topological polar surface area (TPSA) is 206 Å². The largest absolute Gasteiger partial charge is 0.379 e. The van der Waals surface area contributed by atoms with Gasteiger partial charge in [0.05, 0.1) is 30.3 Å². The van der Waals surface area contributed by atoms with Gasteiger partial charge in [-0.3, -0.25) is 24.1 Å². The van der Waals surface area contributed by atoms with E-state index < -0.39 is 17.7 Å². The molecule has 1 aliphatic rings. The molecule has 5 aromatic rings. The number of halogens is 1. The average molecular weight is 778 g/mol. The number of nitrogens with zero attached hydrogens (tertiary/aromatic N) is 7. The highest BCUT2D eigenvalue weighted by atomic mass is 35.5. The first-order chi connectivity index (χ1) is 26.0. The molecular formula is C34H40ClN13O5S. The summed E-state index contributed by atoms with van der Waals surface area (Å²) in [7, 11) is 5.08. The molecule has 54 heavy (non-hydrogen) atoms. The van der Waals surface area contributed by atoms with E-state index in [1.807, 2.05) is 0 Å². The van der Waals surface area contributed by atoms with Crippen LogP contribution in [0.3, 0.4) is 0 Å². The fourth-order valence-corrected chi connectivity index (χ4v) is 6.72. The second-order valence-corrected chi connectivity index (χ2v) is 13.5. The van der Waals surface area contributed by atoms with Gasteiger partial charge in [-0.15, -0.1) is 0 Å². The number of carbonyl (C=O) groups is 4. The van der Waals surface area contributed by atoms with Crippen LogP contribution in [0.25, 0.3) is 0 Å². The lowest BCUT2D eigenvalue weighted by molar-refractivity contribution is 0.0383. The van der Waals surface area contributed by atoms with Gasteiger partial charge in [-0.05, 0) is 35.8 Å². The number of ether oxygens (including phenoxy) is 1. The molecule has 6 N–H and O–H groups in total. The van der Waals surface area contributed by atoms with Gasteiger partial charge >= 0.3 is 0 Å². The Morgan fingerprint density at radius 1 is 0.741 bits per heavy atom. The highest BCUT2D eigenvalue weighted by Gasteiger charge is 2.22. The van der Waals surface area contributed by atoms with Gasteiger partial charge in [-0.2, -0.15) is 4.37 Å². The van der Waals surface area contributed by atoms with Crippen LogP contribution in [0.15, 0.2) is 55.2 Å². The summed E-state index contributed by atoms with van der Waals surface area (Å²) >= 11 is 7.52. The van der Waals surface area contributed by atoms with Gasteiger partial charge in [0.25, 0.3) is 23.6 Å². The van der Waals surface area contributed by atoms with Crippen molar-refractivity contribution in [2.45, 2.75) is 0 Å². The van der Waals surface area contributed by atoms with E-state index in [-0.39, 0.29) is 28.0 Å². The highest BCUT2D eigenvalue weighted by molar-refractivity contribution is 7.11. The molecule has 0 radical (unpaired) electrons. The first kappa shape index (κ1) is 38.0. The monoisotopic (exact) mass is 777 g/mol. The van der Waals surface area contributed by atoms with Crippen LogP contribution in [-0.2, 0) is 25.9 Å². The molecule has 284 valence electrons. The van der Waals surface area contributed by atoms with Crippen LogP contribution in [0.4, 0.5) is 28.0 Å². The number of aromatic nitrogens is 6. The Labute approximate surface area is 319 Å². The van der Waals surface area contributed by atoms with Gasteiger partial charge in [-0.1, -0.05) is 11.6 Å². The molecule has 6 heterocycles. The van der Waals surface area contributed by atoms with E-state index in [1.165, 1.54) is 6.07 Å². The van der Waals surface area contributed by atoms with Crippen LogP contribution >= 0.6 is 23.1 Å². The minimum Gasteiger partial charge on any atom is -0.379 e. The summed E-state index contributed by atoms with van der Waals surface area (Å²) < 4.78 is 14.4. The maximum atomic E-state index is 13.3. The van der Waals surface area contributed by atoms with Gasteiger partial charge in [0.15, 0.2) is 5.69 Å². The normalized spacial score (nSPS) is 13.0. The number of nitrogens with one attached hydrogen (secondary N) is 6. The van der Waals surface area contributed by atoms with Crippen molar-refractivity contribution in [3.05, 3.63) is 83.0 Å². The maximum Gasteiger partial charge on any atom is 0.277 e. The molecule has 18 nitrogen and oxygen atoms in total. The van der Waals surface area contributed by atoms with Crippen molar-refractivity contribution in [1.29, 1.82) is 0 Å². The molecule has 0 spiro atoms. The molecule has 0 aliphatic carbocycles. The number of rotatable bonds is 15. The quantitative estimate of drug-likeness (QED) is 0.0853. The van der Waals surface area contributed by atoms with E-state index in [0.29, 0.717) is 66.6 Å². The van der Waals surface area contributed by atoms with Gasteiger partial charge in [0.2, 0.25) is 5.95 Å². The van der Waals surface area contributed by atoms with E-state index in [2.05, 4.69) is 51.1 Å². The van der Waals surface area contributed by atoms with E-state index >= 15 is 0 Å². The fourth-order valence-electron chi connectivity index (χ4n) is 5.67. The number of anilines is 5. The van der Waals surface area contributed by atoms with Crippen molar-refractivity contribution in [2.24, 2.45) is 21.1 Å². The number of amides is 4. The molecule has 1 aliphatic heterocycles. The standard InChI is InChI=1S/C34H40ClN13O5S/c1-45-18-21(15-24(45)29(49)36-9-10-48-11-13-53-14-12-48)41-30(50)25-16-22(19-46(25)2)42-31(51)26-17-23(20-47(26)3)43-32(52)28-27(35)33(54-44-28)37-7-8-40-34-38-5-4-6-39-34/h4-6,15-20,37H,7-14H2,1-3H3,(H,36,49)(H,41,50)(H,42,51)(H,43,52)(H,38,39,40). The van der Waals surface area contributed by atoms with Crippen LogP contribution < -0.4 is 31.9 Å². The first-order valence-electron chi connectivity index (χ1n) is 17.0. The summed E-state index contributed by atoms with van der Waals surface area (Å²) in [5.74, 6) is -1.17. The zero-order valence-corrected chi connectivity index (χ0v) is 31.4. The number of morpholine rings is 1. The summed E-state index contributed by atoms with van der Waals surface area (Å²) in [5, 5.41) is 18.2. The molecule has 5 aromatic heterocycles. The van der Waals surface area contributed by atoms with Gasteiger partial charge in [0.1, 0.15) is 27.1 Å². The molecule has 1 saturated heterocycles. The average Bonchev–Trinajstić information content (AvgIpc) is 3.92. The lowest BCUT2D eigenvalue weighted by atomic mass is 10.3. The number of hydrogen-bond acceptors (Lipinski definition) is 12. The third-order valence-electron chi connectivity index (χ3n) is 8.41. The third kappa shape index (κ3) is 9.42. The molecule has 0 bridgehead atoms. The Bertz CT molecular complexity index is 2120. The van der Waals surface area contributed by atoms with Crippen LogP contribution in [0, 0.1) is 0 Å². The summed E-state index contributed by atoms with van der Waals surface area (Å²) in [4.78, 5) is 62.8. The highest BCUT2D eigenvalue weighted by Crippen LogP contribution is 2.31. The van der Waals surface area contributed by atoms with Crippen LogP contribution in [0.5, 0.6) is 0 Å². The molecule has 0 unspecified atom stereocenters. The minimum atomic E-state index is -0.536. The van der Waals surface area contributed by atoms with E-state index in [1.54, 1.807) is 84.0 Å². The molecule has 20 heteroatoms. The Balaban J connectivity index is 0.997. The SMILES string of the molecule is Cn1cc(NC(=O)c2cc(NC(=O)c3cc(NC(=O)c4nsc(NCCNc5ncccn5)c4Cl)cn3C)cn2C)cc1C(=O)NCCN1CCOCC1. The van der Waals surface area contributed by atoms with E-state index in [9.17, 15) is 19.2 Å². The van der Waals surface area contributed by atoms with Crippen molar-refractivity contribution in [3.8, 4) is 0 Å². The lowest BCUT2D eigenvalue weighted by Crippen LogP contribution is -2.41. The predicted molar refractivity (Wildman–Crippen MR) is 206 cm³/mol. The molecule has 0 atom stereocenters. The minimum absolute atomic E-state index is 0.0444. The zero-order valence-electron chi connectivity index (χ0n) is 29.8. The molecule has 6 rings (SSSR count). The van der Waals surface area contributed by atoms with Gasteiger partial charge in [-0.25, -0.2) is 9.97 Å². The molecule has 0 aromatic carbocycles. The van der Waals surface area contributed by atoms with Gasteiger partial charge in [0, 0.05) is 91.4 Å². The number of aryl methyl sites for hydroxylation is 3. The third-order valence-corrected chi connectivity index (χ3v) is 9.70. The Morgan fingerprint density at radius 3 is 1.83 bits per heavy atom. The Kier molecular flexibility index (Phi) is 12.2. The zero-order chi connectivity index (χ0) is 38.2. The predicted octanol–water partition coefficient (Wildman–Crippen LogP) is 2.94. The Hall–Kier alpha value is -5.76. The lowest BCUT2D eigenvalue weighted by Gasteiger charge is -2.26. The van der Waals surface area contributed by atoms with Crippen LogP contribution in [0.2, 0.25) is 5.02 Å². The van der Waals surface area contributed by atoms with E-state index in [4.69, 9.17) is 16.3 Å². The van der Waals surface area contributed by atoms with Crippen LogP contribution in [-0.4, -0.2) is 109 Å². The van der Waals surface area contributed by atoms with Crippen molar-refractivity contribution in [2.75, 3.05) is 79.1 Å². The van der Waals surface area contributed by atoms with E-state index in [0.717, 1.165) is 31.2 Å². The second-order valence-electron chi connectivity index (χ2n) is 12.3. The fraction of sp³-hybridized carbons (Fsp3) is 0.324. The maximum absolute atomic E-state index is 13.3. The Morgan fingerprint density at radius 2 is 1.26 bits per heavy atom. The van der Waals surface area contributed by atoms with Crippen molar-refractivity contribution < 1.29 is 23.9 Å². The van der Waals surface area contributed by atoms with Crippen LogP contribution in [0.1, 0.15) is 42.0 Å². The molecule has 0 saturated carbocycles. The van der Waals surface area contributed by atoms with Crippen molar-refractivity contribution >= 4 is 74.8 Å². The summed E-state index contributed by atoms with van der Waals surface area (Å²) in [6.45, 7) is 5.28. The number of hydrogen-bond donors (Lipinski definition) is 6. The van der Waals surface area contributed by atoms with Gasteiger partial charge < -0.3 is 50.3 Å². The first-order valence-corrected chi connectivity index (χ1v) is 18.1. The molecule has 1 fully saturated rings. The molecular weight excluding hydrogens is 738 g/mol. The molecule has 4 amide bonds. The summed E-state index contributed by atoms with van der Waals surface area (Å²) in [6.07, 6.45) is 8.13. The summed E-state index contributed by atoms with van der Waals surface area (Å²) in [6, 6.07) is 6.40. The smallest absolute Gasteiger partial charge is 0.277 e. The van der Waals surface area contributed by atoms with Crippen molar-refractivity contribution in [1.82, 2.24) is 38.3 Å². The summed E-state index contributed by atoms with van der Waals surface area (Å²) in [5.41, 5.74) is 2.17.